The van der Waals surface area contributed by atoms with Crippen LogP contribution >= 0.6 is 15.9 Å². The van der Waals surface area contributed by atoms with Gasteiger partial charge in [0, 0.05) is 10.0 Å². The van der Waals surface area contributed by atoms with Crippen molar-refractivity contribution in [3.63, 3.8) is 0 Å². The number of carbonyl (C=O) groups excluding carboxylic acids is 1. The second-order valence-corrected chi connectivity index (χ2v) is 8.38. The summed E-state index contributed by atoms with van der Waals surface area (Å²) in [5.41, 5.74) is 4.75. The fourth-order valence-electron chi connectivity index (χ4n) is 3.10. The molecule has 1 N–H and O–H groups in total. The lowest BCUT2D eigenvalue weighted by Gasteiger charge is -2.12. The van der Waals surface area contributed by atoms with E-state index in [1.165, 1.54) is 0 Å². The van der Waals surface area contributed by atoms with Crippen LogP contribution in [0, 0.1) is 0 Å². The Labute approximate surface area is 214 Å². The summed E-state index contributed by atoms with van der Waals surface area (Å²) in [5, 5.41) is 4.08. The van der Waals surface area contributed by atoms with Crippen LogP contribution in [-0.4, -0.2) is 32.4 Å². The average molecular weight is 541 g/mol. The number of hydrazone groups is 1. The van der Waals surface area contributed by atoms with E-state index in [1.807, 2.05) is 50.2 Å². The minimum absolute atomic E-state index is 0.356. The molecule has 0 fully saturated rings. The molecule has 0 radical (unpaired) electrons. The largest absolute Gasteiger partial charge is 0.493 e. The molecule has 35 heavy (non-hydrogen) atoms. The summed E-state index contributed by atoms with van der Waals surface area (Å²) in [6, 6.07) is 18.4. The number of nitrogens with one attached hydrogen (secondary N) is 1. The van der Waals surface area contributed by atoms with Crippen LogP contribution in [0.15, 0.2) is 70.2 Å². The van der Waals surface area contributed by atoms with Crippen LogP contribution < -0.4 is 24.4 Å². The number of halogens is 1. The fourth-order valence-corrected chi connectivity index (χ4v) is 3.37. The molecule has 0 bridgehead atoms. The average Bonchev–Trinajstić information content (AvgIpc) is 2.88. The third-order valence-electron chi connectivity index (χ3n) is 4.84. The standard InChI is InChI=1S/C27H29BrN2O5/c1-4-14-34-24-13-9-21(16-26(24)33-5-2)27(31)30-29-17-20-8-12-23(25(15-20)32-3)35-18-19-6-10-22(28)11-7-19/h6-13,15-17H,4-5,14,18H2,1-3H3,(H,30,31)/b29-17+. The fraction of sp³-hybridized carbons (Fsp3) is 0.259. The maximum atomic E-state index is 12.6. The molecule has 0 aliphatic heterocycles. The second kappa shape index (κ2) is 13.4. The molecule has 3 aromatic carbocycles. The van der Waals surface area contributed by atoms with Crippen LogP contribution in [0.2, 0.25) is 0 Å². The monoisotopic (exact) mass is 540 g/mol. The molecule has 0 spiro atoms. The molecule has 0 saturated heterocycles. The summed E-state index contributed by atoms with van der Waals surface area (Å²) in [7, 11) is 1.58. The van der Waals surface area contributed by atoms with Gasteiger partial charge in [0.05, 0.1) is 26.5 Å². The molecule has 0 aromatic heterocycles. The van der Waals surface area contributed by atoms with E-state index >= 15 is 0 Å². The van der Waals surface area contributed by atoms with Gasteiger partial charge in [-0.1, -0.05) is 35.0 Å². The van der Waals surface area contributed by atoms with Crippen molar-refractivity contribution in [1.29, 1.82) is 0 Å². The van der Waals surface area contributed by atoms with Crippen molar-refractivity contribution in [2.75, 3.05) is 20.3 Å². The van der Waals surface area contributed by atoms with Gasteiger partial charge in [-0.2, -0.15) is 5.10 Å². The Kier molecular flexibility index (Phi) is 9.98. The summed E-state index contributed by atoms with van der Waals surface area (Å²) in [6.07, 6.45) is 2.42. The first-order chi connectivity index (χ1) is 17.0. The van der Waals surface area contributed by atoms with Crippen LogP contribution in [0.25, 0.3) is 0 Å². The lowest BCUT2D eigenvalue weighted by Crippen LogP contribution is -2.17. The van der Waals surface area contributed by atoms with Crippen molar-refractivity contribution in [2.24, 2.45) is 5.10 Å². The molecule has 0 aliphatic rings. The van der Waals surface area contributed by atoms with E-state index in [0.29, 0.717) is 48.4 Å². The first kappa shape index (κ1) is 26.1. The highest BCUT2D eigenvalue weighted by atomic mass is 79.9. The van der Waals surface area contributed by atoms with Crippen LogP contribution in [0.5, 0.6) is 23.0 Å². The van der Waals surface area contributed by atoms with E-state index in [-0.39, 0.29) is 5.91 Å². The van der Waals surface area contributed by atoms with Crippen molar-refractivity contribution in [3.05, 3.63) is 81.8 Å². The molecule has 1 amide bonds. The van der Waals surface area contributed by atoms with E-state index in [2.05, 4.69) is 26.5 Å². The zero-order valence-corrected chi connectivity index (χ0v) is 21.6. The number of rotatable bonds is 12. The number of amides is 1. The number of ether oxygens (including phenoxy) is 4. The van der Waals surface area contributed by atoms with E-state index in [9.17, 15) is 4.79 Å². The summed E-state index contributed by atoms with van der Waals surface area (Å²) in [5.74, 6) is 1.97. The Morgan fingerprint density at radius 1 is 0.914 bits per heavy atom. The molecule has 3 aromatic rings. The lowest BCUT2D eigenvalue weighted by molar-refractivity contribution is 0.0954. The zero-order chi connectivity index (χ0) is 25.0. The summed E-state index contributed by atoms with van der Waals surface area (Å²) < 4.78 is 23.7. The third kappa shape index (κ3) is 7.75. The Bertz CT molecular complexity index is 1150. The quantitative estimate of drug-likeness (QED) is 0.225. The first-order valence-corrected chi connectivity index (χ1v) is 12.1. The minimum Gasteiger partial charge on any atom is -0.493 e. The minimum atomic E-state index is -0.356. The van der Waals surface area contributed by atoms with Crippen LogP contribution in [0.4, 0.5) is 0 Å². The Morgan fingerprint density at radius 2 is 1.66 bits per heavy atom. The number of hydrogen-bond donors (Lipinski definition) is 1. The molecule has 0 saturated carbocycles. The first-order valence-electron chi connectivity index (χ1n) is 11.3. The predicted molar refractivity (Wildman–Crippen MR) is 140 cm³/mol. The second-order valence-electron chi connectivity index (χ2n) is 7.47. The van der Waals surface area contributed by atoms with Crippen molar-refractivity contribution >= 4 is 28.1 Å². The molecule has 3 rings (SSSR count). The highest BCUT2D eigenvalue weighted by Gasteiger charge is 2.11. The molecular formula is C27H29BrN2O5. The SMILES string of the molecule is CCCOc1ccc(C(=O)N/N=C/c2ccc(OCc3ccc(Br)cc3)c(OC)c2)cc1OCC. The van der Waals surface area contributed by atoms with Gasteiger partial charge in [0.15, 0.2) is 23.0 Å². The molecule has 0 unspecified atom stereocenters. The van der Waals surface area contributed by atoms with Gasteiger partial charge in [-0.15, -0.1) is 0 Å². The van der Waals surface area contributed by atoms with Gasteiger partial charge in [0.25, 0.3) is 5.91 Å². The number of methoxy groups -OCH3 is 1. The van der Waals surface area contributed by atoms with Gasteiger partial charge in [-0.3, -0.25) is 4.79 Å². The Balaban J connectivity index is 1.62. The molecule has 8 heteroatoms. The number of carbonyl (C=O) groups is 1. The summed E-state index contributed by atoms with van der Waals surface area (Å²) in [6.45, 7) is 5.37. The summed E-state index contributed by atoms with van der Waals surface area (Å²) >= 11 is 3.43. The van der Waals surface area contributed by atoms with Gasteiger partial charge in [-0.05, 0) is 73.0 Å². The van der Waals surface area contributed by atoms with Gasteiger partial charge >= 0.3 is 0 Å². The van der Waals surface area contributed by atoms with Crippen LogP contribution in [-0.2, 0) is 6.61 Å². The third-order valence-corrected chi connectivity index (χ3v) is 5.37. The van der Waals surface area contributed by atoms with E-state index in [1.54, 1.807) is 37.6 Å². The zero-order valence-electron chi connectivity index (χ0n) is 20.0. The van der Waals surface area contributed by atoms with E-state index in [0.717, 1.165) is 22.0 Å². The maximum Gasteiger partial charge on any atom is 0.271 e. The predicted octanol–water partition coefficient (Wildman–Crippen LogP) is 5.99. The molecule has 0 heterocycles. The molecular weight excluding hydrogens is 512 g/mol. The lowest BCUT2D eigenvalue weighted by atomic mass is 10.2. The van der Waals surface area contributed by atoms with Crippen molar-refractivity contribution in [2.45, 2.75) is 26.9 Å². The van der Waals surface area contributed by atoms with Gasteiger partial charge in [-0.25, -0.2) is 5.43 Å². The molecule has 184 valence electrons. The van der Waals surface area contributed by atoms with E-state index < -0.39 is 0 Å². The highest BCUT2D eigenvalue weighted by Crippen LogP contribution is 2.29. The molecule has 0 atom stereocenters. The highest BCUT2D eigenvalue weighted by molar-refractivity contribution is 9.10. The van der Waals surface area contributed by atoms with Gasteiger partial charge in [0.2, 0.25) is 0 Å². The van der Waals surface area contributed by atoms with E-state index in [4.69, 9.17) is 18.9 Å². The molecule has 7 nitrogen and oxygen atoms in total. The number of benzene rings is 3. The smallest absolute Gasteiger partial charge is 0.271 e. The number of hydrogen-bond acceptors (Lipinski definition) is 6. The van der Waals surface area contributed by atoms with Crippen molar-refractivity contribution in [3.8, 4) is 23.0 Å². The van der Waals surface area contributed by atoms with Crippen LogP contribution in [0.3, 0.4) is 0 Å². The Hall–Kier alpha value is -3.52. The van der Waals surface area contributed by atoms with Gasteiger partial charge < -0.3 is 18.9 Å². The Morgan fingerprint density at radius 3 is 2.37 bits per heavy atom. The van der Waals surface area contributed by atoms with Crippen molar-refractivity contribution < 1.29 is 23.7 Å². The van der Waals surface area contributed by atoms with Crippen molar-refractivity contribution in [1.82, 2.24) is 5.43 Å². The topological polar surface area (TPSA) is 78.4 Å². The summed E-state index contributed by atoms with van der Waals surface area (Å²) in [4.78, 5) is 12.6. The molecule has 0 aliphatic carbocycles. The number of nitrogens with zero attached hydrogens (tertiary/aromatic N) is 1. The van der Waals surface area contributed by atoms with Gasteiger partial charge in [0.1, 0.15) is 6.61 Å². The normalized spacial score (nSPS) is 10.7. The maximum absolute atomic E-state index is 12.6. The van der Waals surface area contributed by atoms with Crippen LogP contribution in [0.1, 0.15) is 41.8 Å².